The molecule has 0 saturated carbocycles. The number of halogens is 1. The highest BCUT2D eigenvalue weighted by molar-refractivity contribution is 5.70. The van der Waals surface area contributed by atoms with Crippen LogP contribution in [0.25, 0.3) is 28.3 Å². The number of benzene rings is 2. The quantitative estimate of drug-likeness (QED) is 0.293. The fraction of sp³-hybridized carbons (Fsp3) is 0.357. The molecule has 0 spiro atoms. The fourth-order valence-corrected chi connectivity index (χ4v) is 3.59. The third kappa shape index (κ3) is 7.79. The van der Waals surface area contributed by atoms with Crippen molar-refractivity contribution in [1.82, 2.24) is 9.97 Å². The Morgan fingerprint density at radius 1 is 0.970 bits per heavy atom. The molecule has 0 bridgehead atoms. The van der Waals surface area contributed by atoms with Gasteiger partial charge in [0, 0.05) is 36.2 Å². The molecule has 0 radical (unpaired) electrons. The summed E-state index contributed by atoms with van der Waals surface area (Å²) in [7, 11) is 0. The van der Waals surface area contributed by atoms with Crippen LogP contribution in [0.1, 0.15) is 58.2 Å². The van der Waals surface area contributed by atoms with Crippen LogP contribution in [-0.2, 0) is 4.74 Å². The van der Waals surface area contributed by atoms with Gasteiger partial charge in [-0.25, -0.2) is 14.4 Å². The van der Waals surface area contributed by atoms with E-state index in [2.05, 4.69) is 29.9 Å². The lowest BCUT2D eigenvalue weighted by atomic mass is 10.0. The maximum Gasteiger partial charge on any atom is 0.151 e. The van der Waals surface area contributed by atoms with Gasteiger partial charge in [-0.05, 0) is 61.9 Å². The number of allylic oxidation sites excluding steroid dienone is 1. The summed E-state index contributed by atoms with van der Waals surface area (Å²) >= 11 is 0. The molecule has 174 valence electrons. The molecule has 1 N–H and O–H groups in total. The summed E-state index contributed by atoms with van der Waals surface area (Å²) in [5, 5.41) is 9.38. The minimum atomic E-state index is -0.448. The van der Waals surface area contributed by atoms with Crippen molar-refractivity contribution in [3.8, 4) is 28.0 Å². The van der Waals surface area contributed by atoms with Gasteiger partial charge in [0.2, 0.25) is 0 Å². The zero-order chi connectivity index (χ0) is 23.5. The van der Waals surface area contributed by atoms with Gasteiger partial charge in [-0.3, -0.25) is 0 Å². The number of rotatable bonds is 12. The molecule has 33 heavy (non-hydrogen) atoms. The molecule has 1 unspecified atom stereocenters. The molecule has 0 amide bonds. The van der Waals surface area contributed by atoms with Gasteiger partial charge in [-0.2, -0.15) is 0 Å². The first-order valence-corrected chi connectivity index (χ1v) is 11.8. The van der Waals surface area contributed by atoms with Crippen molar-refractivity contribution in [2.75, 3.05) is 6.61 Å². The van der Waals surface area contributed by atoms with Crippen LogP contribution in [0.3, 0.4) is 0 Å². The average Bonchev–Trinajstić information content (AvgIpc) is 2.82. The maximum atomic E-state index is 14.1. The third-order valence-electron chi connectivity index (χ3n) is 5.55. The largest absolute Gasteiger partial charge is 0.508 e. The predicted octanol–water partition coefficient (Wildman–Crippen LogP) is 7.43. The molecule has 0 aliphatic carbocycles. The molecule has 2 aromatic carbocycles. The highest BCUT2D eigenvalue weighted by Gasteiger charge is 2.07. The number of phenols is 1. The lowest BCUT2D eigenvalue weighted by Crippen LogP contribution is -2.08. The summed E-state index contributed by atoms with van der Waals surface area (Å²) in [6, 6.07) is 11.7. The molecule has 5 heteroatoms. The van der Waals surface area contributed by atoms with E-state index < -0.39 is 5.82 Å². The first kappa shape index (κ1) is 24.6. The number of aromatic hydroxyl groups is 1. The molecule has 0 aliphatic heterocycles. The van der Waals surface area contributed by atoms with Crippen LogP contribution in [0, 0.1) is 5.82 Å². The van der Waals surface area contributed by atoms with Gasteiger partial charge in [0.25, 0.3) is 0 Å². The first-order valence-electron chi connectivity index (χ1n) is 11.8. The highest BCUT2D eigenvalue weighted by atomic mass is 19.1. The van der Waals surface area contributed by atoms with Crippen LogP contribution in [-0.4, -0.2) is 27.8 Å². The van der Waals surface area contributed by atoms with Gasteiger partial charge < -0.3 is 9.84 Å². The normalized spacial score (nSPS) is 12.3. The Labute approximate surface area is 196 Å². The van der Waals surface area contributed by atoms with Crippen molar-refractivity contribution in [3.63, 3.8) is 0 Å². The molecular formula is C28H33FN2O2. The summed E-state index contributed by atoms with van der Waals surface area (Å²) in [5.74, 6) is 0.155. The highest BCUT2D eigenvalue weighted by Crippen LogP contribution is 2.28. The molecular weight excluding hydrogens is 415 g/mol. The molecule has 3 rings (SSSR count). The average molecular weight is 449 g/mol. The number of phenolic OH excluding ortho intramolecular Hbond substituents is 1. The van der Waals surface area contributed by atoms with E-state index in [1.54, 1.807) is 18.5 Å². The standard InChI is InChI=1S/C28H33FN2O2/c1-3-4-8-17-33-21(2)9-6-5-7-10-28-30-19-24(20-31-28)22-11-13-23(14-12-22)26-16-15-25(32)18-27(26)29/h7,10-16,18-21,32H,3-6,8-9,17H2,1-2H3/b10-7+. The van der Waals surface area contributed by atoms with Gasteiger partial charge in [0.1, 0.15) is 11.6 Å². The number of nitrogens with zero attached hydrogens (tertiary/aromatic N) is 2. The molecule has 3 aromatic rings. The predicted molar refractivity (Wildman–Crippen MR) is 132 cm³/mol. The minimum Gasteiger partial charge on any atom is -0.508 e. The van der Waals surface area contributed by atoms with Crippen LogP contribution in [0.2, 0.25) is 0 Å². The van der Waals surface area contributed by atoms with Crippen molar-refractivity contribution >= 4 is 6.08 Å². The van der Waals surface area contributed by atoms with Gasteiger partial charge >= 0.3 is 0 Å². The topological polar surface area (TPSA) is 55.2 Å². The second-order valence-corrected chi connectivity index (χ2v) is 8.29. The van der Waals surface area contributed by atoms with E-state index in [0.29, 0.717) is 17.5 Å². The summed E-state index contributed by atoms with van der Waals surface area (Å²) in [5.41, 5.74) is 3.06. The van der Waals surface area contributed by atoms with Gasteiger partial charge in [0.15, 0.2) is 5.82 Å². The summed E-state index contributed by atoms with van der Waals surface area (Å²) in [6.45, 7) is 5.21. The fourth-order valence-electron chi connectivity index (χ4n) is 3.59. The number of aromatic nitrogens is 2. The van der Waals surface area contributed by atoms with Crippen LogP contribution in [0.5, 0.6) is 5.75 Å². The van der Waals surface area contributed by atoms with Crippen LogP contribution < -0.4 is 0 Å². The molecule has 4 nitrogen and oxygen atoms in total. The lowest BCUT2D eigenvalue weighted by Gasteiger charge is -2.11. The van der Waals surface area contributed by atoms with Crippen LogP contribution >= 0.6 is 0 Å². The Morgan fingerprint density at radius 3 is 2.39 bits per heavy atom. The Morgan fingerprint density at radius 2 is 1.70 bits per heavy atom. The maximum absolute atomic E-state index is 14.1. The second kappa shape index (κ2) is 12.9. The van der Waals surface area contributed by atoms with E-state index in [0.717, 1.165) is 55.0 Å². The van der Waals surface area contributed by atoms with Crippen LogP contribution in [0.15, 0.2) is 60.9 Å². The summed E-state index contributed by atoms with van der Waals surface area (Å²) in [6.07, 6.45) is 14.7. The molecule has 0 aliphatic rings. The number of hydrogen-bond acceptors (Lipinski definition) is 4. The first-order chi connectivity index (χ1) is 16.1. The molecule has 0 saturated heterocycles. The van der Waals surface area contributed by atoms with Crippen molar-refractivity contribution < 1.29 is 14.2 Å². The van der Waals surface area contributed by atoms with Gasteiger partial charge in [-0.1, -0.05) is 50.1 Å². The van der Waals surface area contributed by atoms with E-state index in [9.17, 15) is 9.50 Å². The summed E-state index contributed by atoms with van der Waals surface area (Å²) < 4.78 is 19.9. The van der Waals surface area contributed by atoms with Gasteiger partial charge in [-0.15, -0.1) is 0 Å². The number of ether oxygens (including phenoxy) is 1. The zero-order valence-corrected chi connectivity index (χ0v) is 19.5. The van der Waals surface area contributed by atoms with Crippen molar-refractivity contribution in [1.29, 1.82) is 0 Å². The smallest absolute Gasteiger partial charge is 0.151 e. The lowest BCUT2D eigenvalue weighted by molar-refractivity contribution is 0.0566. The van der Waals surface area contributed by atoms with Crippen LogP contribution in [0.4, 0.5) is 4.39 Å². The SMILES string of the molecule is CCCCCOC(C)CCC/C=C/c1ncc(-c2ccc(-c3ccc(O)cc3F)cc2)cn1. The van der Waals surface area contributed by atoms with Gasteiger partial charge in [0.05, 0.1) is 6.10 Å². The van der Waals surface area contributed by atoms with E-state index >= 15 is 0 Å². The molecule has 1 aromatic heterocycles. The Kier molecular flexibility index (Phi) is 9.58. The zero-order valence-electron chi connectivity index (χ0n) is 19.5. The second-order valence-electron chi connectivity index (χ2n) is 8.29. The monoisotopic (exact) mass is 448 g/mol. The number of hydrogen-bond donors (Lipinski definition) is 1. The number of unbranched alkanes of at least 4 members (excludes halogenated alkanes) is 3. The minimum absolute atomic E-state index is 0.0828. The Bertz CT molecular complexity index is 1020. The van der Waals surface area contributed by atoms with Crippen molar-refractivity contribution in [3.05, 3.63) is 72.6 Å². The molecule has 0 fully saturated rings. The summed E-state index contributed by atoms with van der Waals surface area (Å²) in [4.78, 5) is 8.88. The Hall–Kier alpha value is -3.05. The van der Waals surface area contributed by atoms with Crippen molar-refractivity contribution in [2.24, 2.45) is 0 Å². The van der Waals surface area contributed by atoms with E-state index in [1.807, 2.05) is 30.3 Å². The molecule has 1 atom stereocenters. The molecule has 1 heterocycles. The third-order valence-corrected chi connectivity index (χ3v) is 5.55. The van der Waals surface area contributed by atoms with Crippen molar-refractivity contribution in [2.45, 2.75) is 58.5 Å². The Balaban J connectivity index is 1.48. The van der Waals surface area contributed by atoms with E-state index in [1.165, 1.54) is 18.9 Å². The van der Waals surface area contributed by atoms with E-state index in [-0.39, 0.29) is 5.75 Å². The van der Waals surface area contributed by atoms with E-state index in [4.69, 9.17) is 4.74 Å².